The van der Waals surface area contributed by atoms with Crippen LogP contribution >= 0.6 is 11.6 Å². The average Bonchev–Trinajstić information content (AvgIpc) is 1.81. The Labute approximate surface area is 681 Å². The van der Waals surface area contributed by atoms with Gasteiger partial charge in [-0.15, -0.1) is 0 Å². The van der Waals surface area contributed by atoms with Gasteiger partial charge in [-0.2, -0.15) is 0 Å². The van der Waals surface area contributed by atoms with Crippen LogP contribution in [0.25, 0.3) is 45.0 Å². The number of rotatable bonds is 13. The number of pyridine rings is 5. The molecule has 32 nitrogen and oxygen atoms in total. The number of nitro groups is 4. The SMILES string of the molecule is FC1(F)CCNC1.Nc1ccc(-c2ccc(F)cc2)nc1NC(=O)N1CCC(F)(F)C1.Nc1nc(-c2ccc(F)cc2)ccc1[N+](=O)[O-].Nc1nc(Cl)ccc1[N+](=O)[O-].O=C(Nc1nc(-c2ccc(F)cc2)ccc1[N+](=O)[O-])N1CCC(F)(F)C1.O=C(Nc1nc(-c2ccc(F)cc2)ccc1[N+](=O)[O-])Oc1ccccc1.OB(O)c1ccc(F)cc1. The van der Waals surface area contributed by atoms with Crippen molar-refractivity contribution in [2.45, 2.75) is 37.0 Å². The van der Waals surface area contributed by atoms with Gasteiger partial charge in [0.05, 0.1) is 67.8 Å². The molecule has 3 fully saturated rings. The number of amides is 5. The van der Waals surface area contributed by atoms with Crippen LogP contribution in [0.4, 0.5) is 120 Å². The van der Waals surface area contributed by atoms with Crippen LogP contribution in [0.3, 0.4) is 0 Å². The third-order valence-electron chi connectivity index (χ3n) is 16.5. The zero-order valence-corrected chi connectivity index (χ0v) is 62.9. The summed E-state index contributed by atoms with van der Waals surface area (Å²) in [6.07, 6.45) is -1.74. The number of urea groups is 2. The Balaban J connectivity index is 0.000000182. The van der Waals surface area contributed by atoms with Crippen molar-refractivity contribution in [3.05, 3.63) is 287 Å². The molecule has 0 atom stereocenters. The molecule has 121 heavy (non-hydrogen) atoms. The highest BCUT2D eigenvalue weighted by molar-refractivity contribution is 6.58. The van der Waals surface area contributed by atoms with Crippen molar-refractivity contribution in [2.75, 3.05) is 72.4 Å². The lowest BCUT2D eigenvalue weighted by atomic mass is 9.80. The van der Waals surface area contributed by atoms with E-state index in [-0.39, 0.29) is 118 Å². The number of hydrogen-bond donors (Lipinski definition) is 9. The first-order valence-electron chi connectivity index (χ1n) is 34.9. The van der Waals surface area contributed by atoms with Crippen molar-refractivity contribution in [1.29, 1.82) is 0 Å². The van der Waals surface area contributed by atoms with Gasteiger partial charge >= 0.3 is 48.0 Å². The molecule has 5 aromatic heterocycles. The Morgan fingerprint density at radius 2 is 0.785 bits per heavy atom. The number of alkyl halides is 6. The number of nitrogens with two attached hydrogens (primary N) is 3. The van der Waals surface area contributed by atoms with Crippen LogP contribution in [-0.2, 0) is 0 Å². The number of hydrogen-bond acceptors (Lipinski definition) is 23. The number of aromatic nitrogens is 5. The van der Waals surface area contributed by atoms with Crippen LogP contribution < -0.4 is 48.7 Å². The van der Waals surface area contributed by atoms with Crippen molar-refractivity contribution in [3.8, 4) is 50.8 Å². The van der Waals surface area contributed by atoms with Crippen LogP contribution in [0, 0.1) is 69.5 Å². The number of carbonyl (C=O) groups excluding carboxylic acids is 3. The fraction of sp³-hybridized carbons (Fsp3) is 0.158. The number of para-hydroxylation sites is 1. The molecule has 3 aliphatic heterocycles. The number of nitrogens with one attached hydrogen (secondary N) is 4. The van der Waals surface area contributed by atoms with Gasteiger partial charge in [-0.3, -0.25) is 56.4 Å². The molecule has 0 spiro atoms. The van der Waals surface area contributed by atoms with E-state index in [1.54, 1.807) is 54.6 Å². The van der Waals surface area contributed by atoms with E-state index in [1.165, 1.54) is 152 Å². The summed E-state index contributed by atoms with van der Waals surface area (Å²) >= 11 is 5.41. The van der Waals surface area contributed by atoms with Crippen LogP contribution in [-0.4, -0.2) is 147 Å². The Hall–Kier alpha value is -14.7. The second-order valence-corrected chi connectivity index (χ2v) is 25.8. The predicted molar refractivity (Wildman–Crippen MR) is 423 cm³/mol. The third-order valence-corrected chi connectivity index (χ3v) is 16.8. The van der Waals surface area contributed by atoms with Crippen molar-refractivity contribution < 1.29 is 97.2 Å². The Morgan fingerprint density at radius 1 is 0.438 bits per heavy atom. The Bertz CT molecular complexity index is 5470. The molecule has 3 aliphatic rings. The molecule has 8 heterocycles. The van der Waals surface area contributed by atoms with Crippen LogP contribution in [0.2, 0.25) is 5.15 Å². The number of nitrogens with zero attached hydrogens (tertiary/aromatic N) is 11. The first-order chi connectivity index (χ1) is 57.2. The van der Waals surface area contributed by atoms with Gasteiger partial charge < -0.3 is 47.1 Å². The fourth-order valence-electron chi connectivity index (χ4n) is 10.5. The monoisotopic (exact) mass is 1710 g/mol. The summed E-state index contributed by atoms with van der Waals surface area (Å²) in [7, 11) is -1.51. The maximum Gasteiger partial charge on any atom is 0.488 e. The fourth-order valence-corrected chi connectivity index (χ4v) is 10.6. The number of nitrogen functional groups attached to an aromatic ring is 3. The molecule has 6 aromatic carbocycles. The molecule has 630 valence electrons. The normalized spacial score (nSPS) is 13.5. The predicted octanol–water partition coefficient (Wildman–Crippen LogP) is 15.1. The van der Waals surface area contributed by atoms with Crippen molar-refractivity contribution in [2.24, 2.45) is 0 Å². The van der Waals surface area contributed by atoms with Gasteiger partial charge in [0.1, 0.15) is 40.0 Å². The second kappa shape index (κ2) is 42.0. The summed E-state index contributed by atoms with van der Waals surface area (Å²) in [5.74, 6) is -10.8. The van der Waals surface area contributed by atoms with E-state index in [4.69, 9.17) is 43.6 Å². The minimum Gasteiger partial charge on any atom is -0.423 e. The molecule has 11 aromatic rings. The van der Waals surface area contributed by atoms with Gasteiger partial charge in [-0.05, 0) is 163 Å². The molecule has 0 aliphatic carbocycles. The summed E-state index contributed by atoms with van der Waals surface area (Å²) in [6, 6.07) is 47.2. The van der Waals surface area contributed by atoms with Crippen LogP contribution in [0.5, 0.6) is 5.75 Å². The zero-order valence-electron chi connectivity index (χ0n) is 62.1. The van der Waals surface area contributed by atoms with E-state index in [0.29, 0.717) is 51.3 Å². The van der Waals surface area contributed by atoms with Crippen molar-refractivity contribution >= 4 is 99.9 Å². The van der Waals surface area contributed by atoms with Crippen molar-refractivity contribution in [3.63, 3.8) is 0 Å². The zero-order chi connectivity index (χ0) is 88.5. The molecule has 14 rings (SSSR count). The highest BCUT2D eigenvalue weighted by Crippen LogP contribution is 2.34. The summed E-state index contributed by atoms with van der Waals surface area (Å²) < 4.78 is 146. The molecule has 0 bridgehead atoms. The lowest BCUT2D eigenvalue weighted by Crippen LogP contribution is -2.35. The lowest BCUT2D eigenvalue weighted by Gasteiger charge is -2.17. The van der Waals surface area contributed by atoms with Crippen LogP contribution in [0.15, 0.2) is 212 Å². The standard InChI is InChI=1S/C18H12FN3O4.C16H13F3N4O3.C16H15F3N4O.C11H8FN3O2.C6H6BFO2.C5H4ClN3O2.C4H7F2N/c19-13-8-6-12(7-9-13)15-10-11-16(22(24)25)17(20-15)21-18(23)26-14-4-2-1-3-5-14;17-11-3-1-10(2-4-11)12-5-6-13(23(25)26)14(20-12)21-15(24)22-8-7-16(18,19)9-22;17-11-3-1-10(2-4-11)13-6-5-12(20)14(21-13)22-15(24)23-8-7-16(18,19)9-23;12-8-3-1-7(2-4-8)9-5-6-10(15(16)17)11(13)14-9;8-6-3-1-5(2-4-6)7(9)10;6-4-2-1-3(9(10)11)5(7)8-4;5-4(6)1-2-7-3-4/h1-11H,(H,20,21,23);1-6H,7-9H2,(H,20,21,24);1-6H,7-9,20H2,(H,21,22,24);1-6H,(H2,13,14);1-4,9-10H;1-2H,(H2,7,8);7H,1-3H2. The average molecular weight is 1710 g/mol. The number of likely N-dealkylation sites (tertiary alicyclic amines) is 2. The number of ether oxygens (including phenoxy) is 1. The maximum atomic E-state index is 13.2. The van der Waals surface area contributed by atoms with E-state index in [1.807, 2.05) is 0 Å². The number of carbonyl (C=O) groups is 3. The summed E-state index contributed by atoms with van der Waals surface area (Å²) in [5, 5.41) is 69.8. The molecule has 3 saturated heterocycles. The molecule has 5 amide bonds. The lowest BCUT2D eigenvalue weighted by molar-refractivity contribution is -0.384. The van der Waals surface area contributed by atoms with Gasteiger partial charge in [0, 0.05) is 85.4 Å². The molecule has 12 N–H and O–H groups in total. The summed E-state index contributed by atoms with van der Waals surface area (Å²) in [4.78, 5) is 98.3. The minimum absolute atomic E-state index is 0.00694. The number of anilines is 6. The minimum atomic E-state index is -2.98. The first-order valence-corrected chi connectivity index (χ1v) is 35.3. The molecule has 0 saturated carbocycles. The largest absolute Gasteiger partial charge is 0.488 e. The van der Waals surface area contributed by atoms with E-state index in [2.05, 4.69) is 46.2 Å². The molecule has 0 radical (unpaired) electrons. The van der Waals surface area contributed by atoms with Gasteiger partial charge in [0.15, 0.2) is 5.82 Å². The summed E-state index contributed by atoms with van der Waals surface area (Å²) in [5.41, 5.74) is 19.5. The highest BCUT2D eigenvalue weighted by atomic mass is 35.5. The Morgan fingerprint density at radius 3 is 1.12 bits per heavy atom. The van der Waals surface area contributed by atoms with Gasteiger partial charge in [0.25, 0.3) is 17.8 Å². The first kappa shape index (κ1) is 91.9. The quantitative estimate of drug-likeness (QED) is 0.0170. The number of benzene rings is 6. The molecule has 0 unspecified atom stereocenters. The van der Waals surface area contributed by atoms with Gasteiger partial charge in [-0.1, -0.05) is 41.9 Å². The molecular formula is C76H65BClF11N18O14. The topological polar surface area (TPSA) is 471 Å². The van der Waals surface area contributed by atoms with E-state index < -0.39 is 99.6 Å². The van der Waals surface area contributed by atoms with Gasteiger partial charge in [0.2, 0.25) is 23.3 Å². The van der Waals surface area contributed by atoms with Crippen LogP contribution in [0.1, 0.15) is 19.3 Å². The molecular weight excluding hydrogens is 1640 g/mol. The number of halogens is 12. The third kappa shape index (κ3) is 28.3. The second-order valence-electron chi connectivity index (χ2n) is 25.4. The Kier molecular flexibility index (Phi) is 31.9. The highest BCUT2D eigenvalue weighted by Gasteiger charge is 2.42. The maximum absolute atomic E-state index is 13.2. The van der Waals surface area contributed by atoms with E-state index >= 15 is 0 Å². The molecule has 45 heteroatoms. The smallest absolute Gasteiger partial charge is 0.423 e. The van der Waals surface area contributed by atoms with Gasteiger partial charge in [-0.25, -0.2) is 87.6 Å². The van der Waals surface area contributed by atoms with E-state index in [0.717, 1.165) is 15.9 Å². The summed E-state index contributed by atoms with van der Waals surface area (Å²) in [6.45, 7) is -1.25. The van der Waals surface area contributed by atoms with Crippen molar-refractivity contribution in [1.82, 2.24) is 40.0 Å². The van der Waals surface area contributed by atoms with E-state index in [9.17, 15) is 103 Å².